The van der Waals surface area contributed by atoms with Crippen molar-refractivity contribution >= 4 is 33.9 Å². The number of benzene rings is 3. The first kappa shape index (κ1) is 16.8. The van der Waals surface area contributed by atoms with Crippen LogP contribution in [0.5, 0.6) is 0 Å². The van der Waals surface area contributed by atoms with Crippen LogP contribution in [0.1, 0.15) is 11.1 Å². The normalized spacial score (nSPS) is 13.9. The topological polar surface area (TPSA) is 81.3 Å². The highest BCUT2D eigenvalue weighted by molar-refractivity contribution is 5.90. The highest BCUT2D eigenvalue weighted by Crippen LogP contribution is 2.32. The lowest BCUT2D eigenvalue weighted by Gasteiger charge is -2.28. The first-order valence-electron chi connectivity index (χ1n) is 8.85. The molecule has 0 fully saturated rings. The molecule has 6 N–H and O–H groups in total. The van der Waals surface area contributed by atoms with Gasteiger partial charge < -0.3 is 22.1 Å². The average Bonchev–Trinajstić information content (AvgIpc) is 2.69. The van der Waals surface area contributed by atoms with Crippen molar-refractivity contribution in [3.63, 3.8) is 0 Å². The Morgan fingerprint density at radius 1 is 0.593 bits per heavy atom. The fraction of sp³-hybridized carbons (Fsp3) is 0.0435. The molecule has 0 amide bonds. The van der Waals surface area contributed by atoms with E-state index in [2.05, 4.69) is 29.3 Å². The van der Waals surface area contributed by atoms with E-state index in [1.54, 1.807) is 0 Å². The van der Waals surface area contributed by atoms with Gasteiger partial charge in [0.05, 0.1) is 0 Å². The highest BCUT2D eigenvalue weighted by atomic mass is 15.1. The molecule has 134 valence electrons. The molecule has 0 radical (unpaired) electrons. The minimum atomic E-state index is 0.757. The second-order valence-electron chi connectivity index (χ2n) is 6.72. The third kappa shape index (κ3) is 3.65. The van der Waals surface area contributed by atoms with Crippen molar-refractivity contribution < 1.29 is 0 Å². The van der Waals surface area contributed by atoms with Crippen molar-refractivity contribution in [3.05, 3.63) is 96.2 Å². The summed E-state index contributed by atoms with van der Waals surface area (Å²) in [7, 11) is 0. The van der Waals surface area contributed by atoms with Crippen molar-refractivity contribution in [2.24, 2.45) is 0 Å². The quantitative estimate of drug-likeness (QED) is 0.610. The molecular formula is C23H22N4. The Bertz CT molecular complexity index is 998. The van der Waals surface area contributed by atoms with Crippen LogP contribution in [0.3, 0.4) is 0 Å². The van der Waals surface area contributed by atoms with Gasteiger partial charge in [-0.25, -0.2) is 0 Å². The van der Waals surface area contributed by atoms with Crippen molar-refractivity contribution in [1.82, 2.24) is 0 Å². The summed E-state index contributed by atoms with van der Waals surface area (Å²) in [6.45, 7) is 0.770. The standard InChI is InChI=1S/C23H22N4/c24-20-5-1-16(2-6-20)18-13-19(17-3-7-21(25)8-4-17)15-27(14-18)23-11-9-22(26)10-12-23/h1-14H,15,24-26H2. The summed E-state index contributed by atoms with van der Waals surface area (Å²) in [5, 5.41) is 0. The molecule has 0 spiro atoms. The Balaban J connectivity index is 1.77. The first-order valence-corrected chi connectivity index (χ1v) is 8.85. The molecule has 0 aromatic heterocycles. The molecule has 4 nitrogen and oxygen atoms in total. The molecule has 0 saturated heterocycles. The van der Waals surface area contributed by atoms with Gasteiger partial charge in [-0.3, -0.25) is 0 Å². The van der Waals surface area contributed by atoms with E-state index in [1.165, 1.54) is 5.57 Å². The molecule has 27 heavy (non-hydrogen) atoms. The van der Waals surface area contributed by atoms with Gasteiger partial charge in [0.25, 0.3) is 0 Å². The van der Waals surface area contributed by atoms with Gasteiger partial charge in [-0.15, -0.1) is 0 Å². The molecule has 0 aliphatic carbocycles. The molecule has 3 aromatic rings. The first-order chi connectivity index (χ1) is 13.1. The zero-order valence-corrected chi connectivity index (χ0v) is 15.0. The van der Waals surface area contributed by atoms with E-state index in [0.717, 1.165) is 46.0 Å². The summed E-state index contributed by atoms with van der Waals surface area (Å²) < 4.78 is 0. The fourth-order valence-corrected chi connectivity index (χ4v) is 3.20. The van der Waals surface area contributed by atoms with E-state index in [9.17, 15) is 0 Å². The van der Waals surface area contributed by atoms with Gasteiger partial charge in [0.2, 0.25) is 0 Å². The van der Waals surface area contributed by atoms with Crippen LogP contribution in [0, 0.1) is 0 Å². The smallest absolute Gasteiger partial charge is 0.0482 e. The number of hydrogen-bond donors (Lipinski definition) is 3. The molecule has 0 atom stereocenters. The second kappa shape index (κ2) is 6.92. The fourth-order valence-electron chi connectivity index (χ4n) is 3.20. The van der Waals surface area contributed by atoms with Gasteiger partial charge >= 0.3 is 0 Å². The lowest BCUT2D eigenvalue weighted by molar-refractivity contribution is 1.09. The lowest BCUT2D eigenvalue weighted by Crippen LogP contribution is -2.22. The third-order valence-corrected chi connectivity index (χ3v) is 4.72. The van der Waals surface area contributed by atoms with E-state index < -0.39 is 0 Å². The van der Waals surface area contributed by atoms with Crippen molar-refractivity contribution in [1.29, 1.82) is 0 Å². The predicted octanol–water partition coefficient (Wildman–Crippen LogP) is 4.38. The second-order valence-corrected chi connectivity index (χ2v) is 6.72. The van der Waals surface area contributed by atoms with Gasteiger partial charge in [-0.2, -0.15) is 0 Å². The largest absolute Gasteiger partial charge is 0.399 e. The average molecular weight is 354 g/mol. The number of anilines is 4. The van der Waals surface area contributed by atoms with Gasteiger partial charge in [0, 0.05) is 35.5 Å². The number of nitrogens with zero attached hydrogens (tertiary/aromatic N) is 1. The summed E-state index contributed by atoms with van der Waals surface area (Å²) in [6.07, 6.45) is 4.39. The van der Waals surface area contributed by atoms with Crippen LogP contribution in [0.4, 0.5) is 22.7 Å². The van der Waals surface area contributed by atoms with Crippen molar-refractivity contribution in [3.8, 4) is 0 Å². The highest BCUT2D eigenvalue weighted by Gasteiger charge is 2.16. The molecule has 1 heterocycles. The Morgan fingerprint density at radius 3 is 1.63 bits per heavy atom. The van der Waals surface area contributed by atoms with Crippen LogP contribution in [-0.2, 0) is 0 Å². The van der Waals surface area contributed by atoms with Crippen molar-refractivity contribution in [2.45, 2.75) is 0 Å². The van der Waals surface area contributed by atoms with E-state index in [-0.39, 0.29) is 0 Å². The molecule has 1 aliphatic heterocycles. The van der Waals surface area contributed by atoms with Crippen molar-refractivity contribution in [2.75, 3.05) is 28.6 Å². The van der Waals surface area contributed by atoms with E-state index in [0.29, 0.717) is 0 Å². The van der Waals surface area contributed by atoms with E-state index >= 15 is 0 Å². The van der Waals surface area contributed by atoms with Crippen LogP contribution < -0.4 is 22.1 Å². The summed E-state index contributed by atoms with van der Waals surface area (Å²) in [5.74, 6) is 0. The maximum Gasteiger partial charge on any atom is 0.0482 e. The number of nitrogens with two attached hydrogens (primary N) is 3. The Kier molecular flexibility index (Phi) is 4.30. The van der Waals surface area contributed by atoms with Crippen LogP contribution in [0.2, 0.25) is 0 Å². The number of hydrogen-bond acceptors (Lipinski definition) is 4. The van der Waals surface area contributed by atoms with Gasteiger partial charge in [0.15, 0.2) is 0 Å². The maximum absolute atomic E-state index is 5.86. The molecule has 4 heteroatoms. The summed E-state index contributed by atoms with van der Waals surface area (Å²) in [5.41, 5.74) is 25.6. The van der Waals surface area contributed by atoms with E-state index in [1.807, 2.05) is 60.7 Å². The molecular weight excluding hydrogens is 332 g/mol. The van der Waals surface area contributed by atoms with Crippen LogP contribution >= 0.6 is 0 Å². The number of allylic oxidation sites excluding steroid dienone is 2. The molecule has 1 aliphatic rings. The summed E-state index contributed by atoms with van der Waals surface area (Å²) in [6, 6.07) is 23.9. The number of nitrogen functional groups attached to an aromatic ring is 3. The Labute approximate surface area is 159 Å². The predicted molar refractivity (Wildman–Crippen MR) is 116 cm³/mol. The van der Waals surface area contributed by atoms with Gasteiger partial charge in [0.1, 0.15) is 0 Å². The minimum Gasteiger partial charge on any atom is -0.399 e. The SMILES string of the molecule is Nc1ccc(C2=CN(c3ccc(N)cc3)CC(c3ccc(N)cc3)=C2)cc1. The Hall–Kier alpha value is -3.66. The Morgan fingerprint density at radius 2 is 1.07 bits per heavy atom. The van der Waals surface area contributed by atoms with Gasteiger partial charge in [-0.05, 0) is 76.9 Å². The van der Waals surface area contributed by atoms with E-state index in [4.69, 9.17) is 17.2 Å². The zero-order valence-electron chi connectivity index (χ0n) is 15.0. The molecule has 4 rings (SSSR count). The molecule has 0 unspecified atom stereocenters. The molecule has 0 saturated carbocycles. The lowest BCUT2D eigenvalue weighted by atomic mass is 9.95. The minimum absolute atomic E-state index is 0.757. The maximum atomic E-state index is 5.86. The zero-order chi connectivity index (χ0) is 18.8. The summed E-state index contributed by atoms with van der Waals surface area (Å²) in [4.78, 5) is 2.23. The summed E-state index contributed by atoms with van der Waals surface area (Å²) >= 11 is 0. The van der Waals surface area contributed by atoms with Crippen LogP contribution in [0.15, 0.2) is 85.1 Å². The molecule has 0 bridgehead atoms. The monoisotopic (exact) mass is 354 g/mol. The third-order valence-electron chi connectivity index (χ3n) is 4.72. The molecule has 3 aromatic carbocycles. The van der Waals surface area contributed by atoms with Gasteiger partial charge in [-0.1, -0.05) is 24.3 Å². The number of rotatable bonds is 3. The van der Waals surface area contributed by atoms with Crippen LogP contribution in [0.25, 0.3) is 11.1 Å². The van der Waals surface area contributed by atoms with Crippen LogP contribution in [-0.4, -0.2) is 6.54 Å².